The first-order chi connectivity index (χ1) is 37.8. The second-order valence-corrected chi connectivity index (χ2v) is 21.4. The fourth-order valence-electron chi connectivity index (χ4n) is 12.7. The van der Waals surface area contributed by atoms with Crippen LogP contribution in [0.1, 0.15) is 112 Å². The molecule has 0 saturated heterocycles. The van der Waals surface area contributed by atoms with E-state index in [4.69, 9.17) is 32.4 Å². The average molecular weight is 1080 g/mol. The van der Waals surface area contributed by atoms with Crippen LogP contribution in [0.4, 0.5) is 5.69 Å². The summed E-state index contributed by atoms with van der Waals surface area (Å²) in [5, 5.41) is 39.6. The molecule has 0 spiro atoms. The number of hydrogen-bond acceptors (Lipinski definition) is 9. The van der Waals surface area contributed by atoms with Crippen LogP contribution in [0.2, 0.25) is 10.0 Å². The van der Waals surface area contributed by atoms with E-state index < -0.39 is 29.2 Å². The van der Waals surface area contributed by atoms with Crippen LogP contribution < -0.4 is 40.9 Å². The van der Waals surface area contributed by atoms with E-state index in [0.29, 0.717) is 33.2 Å². The molecule has 13 rings (SSSR count). The predicted molar refractivity (Wildman–Crippen MR) is 296 cm³/mol. The highest BCUT2D eigenvalue weighted by Crippen LogP contribution is 2.51. The number of halogens is 2. The van der Waals surface area contributed by atoms with Crippen LogP contribution in [0.15, 0.2) is 106 Å². The number of nitrogens with one attached hydrogen (secondary N) is 2. The molecule has 14 nitrogen and oxygen atoms in total. The predicted octanol–water partition coefficient (Wildman–Crippen LogP) is 9.27. The van der Waals surface area contributed by atoms with Crippen molar-refractivity contribution in [2.24, 2.45) is 0 Å². The van der Waals surface area contributed by atoms with E-state index in [1.54, 1.807) is 54.6 Å². The van der Waals surface area contributed by atoms with E-state index in [1.165, 1.54) is 52.5 Å². The number of nitrogens with zero attached hydrogens (tertiary/aromatic N) is 2. The molecule has 78 heavy (non-hydrogen) atoms. The molecule has 6 aromatic rings. The monoisotopic (exact) mass is 1080 g/mol. The minimum Gasteiger partial charge on any atom is -0.508 e. The van der Waals surface area contributed by atoms with Gasteiger partial charge in [0.15, 0.2) is 5.43 Å². The van der Waals surface area contributed by atoms with Gasteiger partial charge in [-0.3, -0.25) is 14.4 Å². The molecule has 1 aliphatic carbocycles. The topological polar surface area (TPSA) is 199 Å². The van der Waals surface area contributed by atoms with Gasteiger partial charge in [0, 0.05) is 99.4 Å². The molecule has 0 bridgehead atoms. The quantitative estimate of drug-likeness (QED) is 0.0646. The van der Waals surface area contributed by atoms with Crippen LogP contribution in [0.3, 0.4) is 0 Å². The van der Waals surface area contributed by atoms with Gasteiger partial charge in [-0.2, -0.15) is 0 Å². The Balaban J connectivity index is 0.791. The van der Waals surface area contributed by atoms with Crippen molar-refractivity contribution in [3.05, 3.63) is 195 Å². The fraction of sp³-hybridized carbons (Fsp3) is 0.226. The molecule has 5 N–H and O–H groups in total. The van der Waals surface area contributed by atoms with Crippen LogP contribution in [-0.4, -0.2) is 65.3 Å². The van der Waals surface area contributed by atoms with Gasteiger partial charge < -0.3 is 40.0 Å². The molecule has 0 radical (unpaired) electrons. The molecule has 0 unspecified atom stereocenters. The average Bonchev–Trinajstić information content (AvgIpc) is 3.60. The molecule has 6 aromatic carbocycles. The number of amides is 2. The van der Waals surface area contributed by atoms with E-state index in [9.17, 15) is 39.3 Å². The van der Waals surface area contributed by atoms with Crippen LogP contribution >= 0.6 is 23.2 Å². The molecular formula is C62H49Cl2N4O10+. The second kappa shape index (κ2) is 19.2. The third-order valence-corrected chi connectivity index (χ3v) is 16.8. The summed E-state index contributed by atoms with van der Waals surface area (Å²) < 4.78 is 15.9. The summed E-state index contributed by atoms with van der Waals surface area (Å²) in [6.45, 7) is 3.61. The zero-order valence-corrected chi connectivity index (χ0v) is 43.5. The number of rotatable bonds is 10. The molecule has 0 atom stereocenters. The smallest absolute Gasteiger partial charge is 0.337 e. The van der Waals surface area contributed by atoms with Crippen LogP contribution in [0, 0.1) is 0 Å². The summed E-state index contributed by atoms with van der Waals surface area (Å²) >= 11 is 14.5. The van der Waals surface area contributed by atoms with Gasteiger partial charge in [-0.15, -0.1) is 0 Å². The van der Waals surface area contributed by atoms with Gasteiger partial charge in [0.2, 0.25) is 5.36 Å². The lowest BCUT2D eigenvalue weighted by Crippen LogP contribution is -2.45. The number of carbonyl (C=O) groups excluding carboxylic acids is 2. The highest BCUT2D eigenvalue weighted by atomic mass is 35.5. The van der Waals surface area contributed by atoms with Crippen molar-refractivity contribution in [1.82, 2.24) is 15.2 Å². The SMILES string of the molecule is O=C(NCc1c2oc3cc(O)ccc3c(-c3ccccc3C(=O)O)c-2ccc1=O)c1ccc(CNC(=O)c2cc(Cl)c(C3=c4cc5c6c(c4Oc4c3cc3c7c4CCCN7CCC3)CCC[N+]=6CCC5)c(C(=O)O)c2Cl)cc1. The maximum atomic E-state index is 14.1. The third kappa shape index (κ3) is 8.07. The summed E-state index contributed by atoms with van der Waals surface area (Å²) in [7, 11) is 0. The van der Waals surface area contributed by atoms with Crippen molar-refractivity contribution < 1.29 is 43.7 Å². The van der Waals surface area contributed by atoms with Gasteiger partial charge in [-0.25, -0.2) is 14.2 Å². The molecule has 16 heteroatoms. The first-order valence-corrected chi connectivity index (χ1v) is 27.0. The minimum absolute atomic E-state index is 0.0159. The van der Waals surface area contributed by atoms with E-state index in [0.717, 1.165) is 111 Å². The molecule has 6 aliphatic heterocycles. The number of benzene rings is 7. The van der Waals surface area contributed by atoms with Crippen LogP contribution in [0.5, 0.6) is 17.2 Å². The van der Waals surface area contributed by atoms with Gasteiger partial charge in [-0.1, -0.05) is 53.5 Å². The number of aromatic carboxylic acids is 2. The summed E-state index contributed by atoms with van der Waals surface area (Å²) in [6.07, 6.45) is 7.33. The summed E-state index contributed by atoms with van der Waals surface area (Å²) in [4.78, 5) is 69.7. The molecule has 7 aliphatic rings. The number of ether oxygens (including phenoxy) is 1. The molecule has 2 amide bonds. The first-order valence-electron chi connectivity index (χ1n) is 26.2. The van der Waals surface area contributed by atoms with Gasteiger partial charge in [0.25, 0.3) is 11.8 Å². The Hall–Kier alpha value is -8.46. The molecule has 6 heterocycles. The van der Waals surface area contributed by atoms with Gasteiger partial charge in [0.05, 0.1) is 44.4 Å². The number of carboxylic acid groups (broad SMARTS) is 2. The molecular weight excluding hydrogens is 1030 g/mol. The Morgan fingerprint density at radius 2 is 1.42 bits per heavy atom. The van der Waals surface area contributed by atoms with Gasteiger partial charge >= 0.3 is 11.9 Å². The lowest BCUT2D eigenvalue weighted by molar-refractivity contribution is 0.0686. The summed E-state index contributed by atoms with van der Waals surface area (Å²) in [6, 6.07) is 26.0. The van der Waals surface area contributed by atoms with Gasteiger partial charge in [-0.05, 0) is 116 Å². The third-order valence-electron chi connectivity index (χ3n) is 16.1. The Morgan fingerprint density at radius 3 is 2.22 bits per heavy atom. The fourth-order valence-corrected chi connectivity index (χ4v) is 13.3. The zero-order valence-electron chi connectivity index (χ0n) is 42.0. The number of hydrogen-bond donors (Lipinski definition) is 5. The number of phenolic OH excluding ortho intramolecular Hbond substituents is 1. The number of carbonyl (C=O) groups is 4. The Bertz CT molecular complexity index is 4140. The van der Waals surface area contributed by atoms with E-state index >= 15 is 0 Å². The molecule has 390 valence electrons. The van der Waals surface area contributed by atoms with E-state index in [-0.39, 0.29) is 73.6 Å². The van der Waals surface area contributed by atoms with Crippen molar-refractivity contribution in [1.29, 1.82) is 0 Å². The first kappa shape index (κ1) is 49.1. The highest BCUT2D eigenvalue weighted by Gasteiger charge is 2.38. The van der Waals surface area contributed by atoms with E-state index in [2.05, 4.69) is 32.2 Å². The number of aromatic hydroxyl groups is 1. The number of aryl methyl sites for hydroxylation is 2. The van der Waals surface area contributed by atoms with Crippen molar-refractivity contribution in [3.8, 4) is 39.7 Å². The molecule has 0 fully saturated rings. The largest absolute Gasteiger partial charge is 0.508 e. The number of anilines is 1. The maximum absolute atomic E-state index is 14.1. The van der Waals surface area contributed by atoms with Crippen molar-refractivity contribution in [2.45, 2.75) is 64.5 Å². The highest BCUT2D eigenvalue weighted by molar-refractivity contribution is 6.40. The summed E-state index contributed by atoms with van der Waals surface area (Å²) in [5.74, 6) is -2.19. The van der Waals surface area contributed by atoms with E-state index in [1.807, 2.05) is 0 Å². The standard InChI is InChI=1S/C62H48Cl2N4O10/c63-46-28-44(53(64)52(62(75)76)51(46)50-42-25-33-7-3-21-67-23-5-11-40(54(33)67)57(42)78-58-41-12-6-24-68-22-4-8-34(55(41)68)26-43(50)58)60(72)65-29-31-13-15-32(16-14-31)59(71)66-30-45-47(70)20-19-39-49(36-9-1-2-10-37(36)61(73)74)38-18-17-35(69)27-48(38)77-56(39)45/h1-2,9-10,13-20,25-28H,3-8,11-12,21-24,29-30H2,(H4-,65,66,69,70,71,72,73,74,75,76)/p+1. The Morgan fingerprint density at radius 1 is 0.679 bits per heavy atom. The number of phenols is 1. The lowest BCUT2D eigenvalue weighted by Gasteiger charge is -2.39. The Labute approximate surface area is 455 Å². The number of carboxylic acids is 2. The van der Waals surface area contributed by atoms with Gasteiger partial charge in [0.1, 0.15) is 41.7 Å². The molecule has 0 aromatic heterocycles. The molecule has 0 saturated carbocycles. The van der Waals surface area contributed by atoms with Crippen LogP contribution in [0.25, 0.3) is 39.0 Å². The van der Waals surface area contributed by atoms with Crippen molar-refractivity contribution >= 4 is 69.2 Å². The zero-order chi connectivity index (χ0) is 53.7. The minimum atomic E-state index is -1.33. The van der Waals surface area contributed by atoms with Crippen molar-refractivity contribution in [2.75, 3.05) is 31.1 Å². The number of fused-ring (bicyclic) bond motifs is 6. The lowest BCUT2D eigenvalue weighted by atomic mass is 9.81. The second-order valence-electron chi connectivity index (χ2n) is 20.6. The van der Waals surface area contributed by atoms with Crippen molar-refractivity contribution in [3.63, 3.8) is 0 Å². The Kier molecular flexibility index (Phi) is 12.1. The van der Waals surface area contributed by atoms with Crippen LogP contribution in [-0.2, 0) is 38.8 Å². The maximum Gasteiger partial charge on any atom is 0.337 e. The summed E-state index contributed by atoms with van der Waals surface area (Å²) in [5.41, 5.74) is 9.16. The normalized spacial score (nSPS) is 15.0.